The van der Waals surface area contributed by atoms with E-state index >= 15 is 0 Å². The van der Waals surface area contributed by atoms with Crippen LogP contribution in [0.1, 0.15) is 163 Å². The number of hydrogen-bond donors (Lipinski definition) is 1. The number of carboxylic acids is 1. The zero-order valence-corrected chi connectivity index (χ0v) is 23.6. The van der Waals surface area contributed by atoms with Crippen molar-refractivity contribution in [3.05, 3.63) is 35.4 Å². The highest BCUT2D eigenvalue weighted by Crippen LogP contribution is 2.15. The van der Waals surface area contributed by atoms with Gasteiger partial charge in [-0.05, 0) is 37.1 Å². The minimum atomic E-state index is -0.957. The third-order valence-corrected chi connectivity index (χ3v) is 7.23. The summed E-state index contributed by atoms with van der Waals surface area (Å²) >= 11 is 0. The Kier molecular flexibility index (Phi) is 20.0. The van der Waals surface area contributed by atoms with E-state index in [9.17, 15) is 9.59 Å². The maximum absolute atomic E-state index is 13.2. The Morgan fingerprint density at radius 1 is 0.528 bits per heavy atom. The standard InChI is InChI=1S/C32H55NO3/c1-3-5-7-9-11-13-15-17-19-21-27-33(28-22-20-18-16-14-12-10-8-6-4-2)31(34)29-23-25-30(26-24-29)32(35)36/h23-26H,3-22,27-28H2,1-2H3,(H,35,36). The second-order valence-electron chi connectivity index (χ2n) is 10.5. The molecule has 0 aliphatic heterocycles. The molecular weight excluding hydrogens is 446 g/mol. The molecule has 0 fully saturated rings. The minimum Gasteiger partial charge on any atom is -0.478 e. The van der Waals surface area contributed by atoms with Gasteiger partial charge in [-0.2, -0.15) is 0 Å². The maximum atomic E-state index is 13.2. The molecule has 1 aromatic carbocycles. The molecule has 0 radical (unpaired) electrons. The van der Waals surface area contributed by atoms with Gasteiger partial charge in [-0.25, -0.2) is 4.79 Å². The molecular formula is C32H55NO3. The molecule has 206 valence electrons. The van der Waals surface area contributed by atoms with Gasteiger partial charge in [-0.3, -0.25) is 4.79 Å². The Labute approximate surface area is 222 Å². The van der Waals surface area contributed by atoms with Crippen molar-refractivity contribution in [2.24, 2.45) is 0 Å². The third kappa shape index (κ3) is 16.0. The number of carbonyl (C=O) groups is 2. The lowest BCUT2D eigenvalue weighted by Gasteiger charge is -2.23. The molecule has 4 heteroatoms. The first-order valence-corrected chi connectivity index (χ1v) is 15.2. The molecule has 0 saturated heterocycles. The lowest BCUT2D eigenvalue weighted by Crippen LogP contribution is -2.33. The zero-order valence-electron chi connectivity index (χ0n) is 23.6. The molecule has 1 N–H and O–H groups in total. The topological polar surface area (TPSA) is 57.6 Å². The number of carboxylic acid groups (broad SMARTS) is 1. The van der Waals surface area contributed by atoms with Crippen molar-refractivity contribution >= 4 is 11.9 Å². The van der Waals surface area contributed by atoms with Crippen molar-refractivity contribution in [2.45, 2.75) is 142 Å². The summed E-state index contributed by atoms with van der Waals surface area (Å²) in [6.07, 6.45) is 25.8. The average molecular weight is 502 g/mol. The first kappa shape index (κ1) is 32.2. The summed E-state index contributed by atoms with van der Waals surface area (Å²) < 4.78 is 0. The fourth-order valence-electron chi connectivity index (χ4n) is 4.83. The summed E-state index contributed by atoms with van der Waals surface area (Å²) in [5, 5.41) is 9.15. The van der Waals surface area contributed by atoms with E-state index in [2.05, 4.69) is 13.8 Å². The average Bonchev–Trinajstić information content (AvgIpc) is 2.89. The Balaban J connectivity index is 2.37. The number of unbranched alkanes of at least 4 members (excludes halogenated alkanes) is 18. The highest BCUT2D eigenvalue weighted by atomic mass is 16.4. The summed E-state index contributed by atoms with van der Waals surface area (Å²) in [6, 6.07) is 6.40. The number of benzene rings is 1. The van der Waals surface area contributed by atoms with Crippen molar-refractivity contribution in [3.8, 4) is 0 Å². The van der Waals surface area contributed by atoms with Crippen LogP contribution in [0.15, 0.2) is 24.3 Å². The second-order valence-corrected chi connectivity index (χ2v) is 10.5. The van der Waals surface area contributed by atoms with Gasteiger partial charge in [-0.1, -0.05) is 129 Å². The highest BCUT2D eigenvalue weighted by molar-refractivity contribution is 5.95. The predicted molar refractivity (Wildman–Crippen MR) is 153 cm³/mol. The Bertz CT molecular complexity index is 646. The van der Waals surface area contributed by atoms with E-state index in [0.29, 0.717) is 5.56 Å². The van der Waals surface area contributed by atoms with Crippen molar-refractivity contribution in [2.75, 3.05) is 13.1 Å². The van der Waals surface area contributed by atoms with E-state index in [4.69, 9.17) is 5.11 Å². The van der Waals surface area contributed by atoms with Crippen LogP contribution in [0.5, 0.6) is 0 Å². The van der Waals surface area contributed by atoms with Crippen LogP contribution in [-0.4, -0.2) is 35.0 Å². The van der Waals surface area contributed by atoms with Crippen LogP contribution >= 0.6 is 0 Å². The molecule has 0 heterocycles. The molecule has 0 aliphatic rings. The quantitative estimate of drug-likeness (QED) is 0.143. The zero-order chi connectivity index (χ0) is 26.3. The fourth-order valence-corrected chi connectivity index (χ4v) is 4.83. The van der Waals surface area contributed by atoms with Crippen LogP contribution in [-0.2, 0) is 0 Å². The largest absolute Gasteiger partial charge is 0.478 e. The lowest BCUT2D eigenvalue weighted by molar-refractivity contribution is 0.0693. The molecule has 0 aromatic heterocycles. The Morgan fingerprint density at radius 3 is 1.17 bits per heavy atom. The van der Waals surface area contributed by atoms with Crippen LogP contribution in [0.3, 0.4) is 0 Å². The molecule has 0 atom stereocenters. The smallest absolute Gasteiger partial charge is 0.335 e. The number of amides is 1. The van der Waals surface area contributed by atoms with E-state index in [0.717, 1.165) is 25.9 Å². The van der Waals surface area contributed by atoms with Gasteiger partial charge in [0.2, 0.25) is 0 Å². The van der Waals surface area contributed by atoms with E-state index in [1.165, 1.54) is 128 Å². The van der Waals surface area contributed by atoms with Crippen molar-refractivity contribution in [3.63, 3.8) is 0 Å². The normalized spacial score (nSPS) is 11.1. The summed E-state index contributed by atoms with van der Waals surface area (Å²) in [5.74, 6) is -0.916. The summed E-state index contributed by atoms with van der Waals surface area (Å²) in [7, 11) is 0. The third-order valence-electron chi connectivity index (χ3n) is 7.23. The van der Waals surface area contributed by atoms with E-state index < -0.39 is 5.97 Å². The number of carbonyl (C=O) groups excluding carboxylic acids is 1. The molecule has 4 nitrogen and oxygen atoms in total. The molecule has 0 bridgehead atoms. The fraction of sp³-hybridized carbons (Fsp3) is 0.750. The number of rotatable bonds is 24. The van der Waals surface area contributed by atoms with Crippen molar-refractivity contribution in [1.29, 1.82) is 0 Å². The minimum absolute atomic E-state index is 0.0405. The van der Waals surface area contributed by atoms with Gasteiger partial charge in [0, 0.05) is 18.7 Å². The van der Waals surface area contributed by atoms with Gasteiger partial charge in [0.15, 0.2) is 0 Å². The van der Waals surface area contributed by atoms with Gasteiger partial charge < -0.3 is 10.0 Å². The Hall–Kier alpha value is -1.84. The van der Waals surface area contributed by atoms with E-state index in [-0.39, 0.29) is 11.5 Å². The summed E-state index contributed by atoms with van der Waals surface area (Å²) in [6.45, 7) is 6.12. The molecule has 1 rings (SSSR count). The van der Waals surface area contributed by atoms with Crippen molar-refractivity contribution < 1.29 is 14.7 Å². The SMILES string of the molecule is CCCCCCCCCCCCN(CCCCCCCCCCCC)C(=O)c1ccc(C(=O)O)cc1. The predicted octanol–water partition coefficient (Wildman–Crippen LogP) is 9.67. The molecule has 0 saturated carbocycles. The van der Waals surface area contributed by atoms with Crippen molar-refractivity contribution in [1.82, 2.24) is 4.90 Å². The van der Waals surface area contributed by atoms with Gasteiger partial charge in [0.25, 0.3) is 5.91 Å². The molecule has 1 amide bonds. The summed E-state index contributed by atoms with van der Waals surface area (Å²) in [4.78, 5) is 26.3. The van der Waals surface area contributed by atoms with Crippen LogP contribution in [0.2, 0.25) is 0 Å². The maximum Gasteiger partial charge on any atom is 0.335 e. The molecule has 36 heavy (non-hydrogen) atoms. The molecule has 0 aliphatic carbocycles. The first-order valence-electron chi connectivity index (χ1n) is 15.2. The lowest BCUT2D eigenvalue weighted by atomic mass is 10.1. The number of aromatic carboxylic acids is 1. The molecule has 1 aromatic rings. The number of hydrogen-bond acceptors (Lipinski definition) is 2. The first-order chi connectivity index (χ1) is 17.6. The van der Waals surface area contributed by atoms with Gasteiger partial charge in [0.05, 0.1) is 5.56 Å². The van der Waals surface area contributed by atoms with E-state index in [1.807, 2.05) is 4.90 Å². The number of nitrogens with zero attached hydrogens (tertiary/aromatic N) is 1. The van der Waals surface area contributed by atoms with Gasteiger partial charge in [0.1, 0.15) is 0 Å². The Morgan fingerprint density at radius 2 is 0.833 bits per heavy atom. The highest BCUT2D eigenvalue weighted by Gasteiger charge is 2.16. The van der Waals surface area contributed by atoms with Crippen LogP contribution in [0.4, 0.5) is 0 Å². The van der Waals surface area contributed by atoms with Crippen LogP contribution < -0.4 is 0 Å². The monoisotopic (exact) mass is 501 g/mol. The summed E-state index contributed by atoms with van der Waals surface area (Å²) in [5.41, 5.74) is 0.821. The van der Waals surface area contributed by atoms with Gasteiger partial charge in [-0.15, -0.1) is 0 Å². The van der Waals surface area contributed by atoms with Crippen LogP contribution in [0.25, 0.3) is 0 Å². The van der Waals surface area contributed by atoms with Gasteiger partial charge >= 0.3 is 5.97 Å². The van der Waals surface area contributed by atoms with E-state index in [1.54, 1.807) is 12.1 Å². The van der Waals surface area contributed by atoms with Crippen LogP contribution in [0, 0.1) is 0 Å². The molecule has 0 unspecified atom stereocenters. The second kappa shape index (κ2) is 22.4. The molecule has 0 spiro atoms.